The van der Waals surface area contributed by atoms with Gasteiger partial charge in [-0.2, -0.15) is 0 Å². The maximum Gasteiger partial charge on any atom is 0.223 e. The van der Waals surface area contributed by atoms with Crippen molar-refractivity contribution in [1.82, 2.24) is 9.97 Å². The Hall–Kier alpha value is -1.64. The lowest BCUT2D eigenvalue weighted by molar-refractivity contribution is 1.07. The first kappa shape index (κ1) is 9.45. The van der Waals surface area contributed by atoms with E-state index in [-0.39, 0.29) is 1.43 Å². The third-order valence-corrected chi connectivity index (χ3v) is 1.60. The number of aromatic nitrogens is 2. The van der Waals surface area contributed by atoms with Gasteiger partial charge in [0.1, 0.15) is 0 Å². The molecule has 1 N–H and O–H groups in total. The molecule has 13 heavy (non-hydrogen) atoms. The minimum atomic E-state index is 0. The van der Waals surface area contributed by atoms with E-state index in [1.54, 1.807) is 18.3 Å². The van der Waals surface area contributed by atoms with Crippen molar-refractivity contribution in [2.45, 2.75) is 6.92 Å². The molecule has 0 aliphatic carbocycles. The van der Waals surface area contributed by atoms with Gasteiger partial charge in [0.05, 0.1) is 5.69 Å². The molecule has 0 unspecified atom stereocenters. The van der Waals surface area contributed by atoms with Crippen LogP contribution in [-0.4, -0.2) is 16.5 Å². The lowest BCUT2D eigenvalue weighted by Gasteiger charge is -2.03. The van der Waals surface area contributed by atoms with Crippen molar-refractivity contribution in [3.63, 3.8) is 0 Å². The summed E-state index contributed by atoms with van der Waals surface area (Å²) in [6.07, 6.45) is 5.14. The van der Waals surface area contributed by atoms with Gasteiger partial charge in [-0.3, -0.25) is 0 Å². The second-order valence-corrected chi connectivity index (χ2v) is 2.47. The molecule has 3 heteroatoms. The Morgan fingerprint density at radius 2 is 2.31 bits per heavy atom. The Labute approximate surface area is 79.7 Å². The van der Waals surface area contributed by atoms with Crippen molar-refractivity contribution in [1.29, 1.82) is 0 Å². The molecule has 1 rings (SSSR count). The van der Waals surface area contributed by atoms with Gasteiger partial charge >= 0.3 is 0 Å². The molecule has 0 aromatic carbocycles. The van der Waals surface area contributed by atoms with Gasteiger partial charge < -0.3 is 5.32 Å². The summed E-state index contributed by atoms with van der Waals surface area (Å²) >= 11 is 0. The van der Waals surface area contributed by atoms with Gasteiger partial charge in [-0.1, -0.05) is 19.2 Å². The molecule has 70 valence electrons. The molecule has 0 bridgehead atoms. The van der Waals surface area contributed by atoms with Gasteiger partial charge in [0.2, 0.25) is 5.95 Å². The fourth-order valence-corrected chi connectivity index (χ4v) is 0.968. The number of rotatable bonds is 4. The molecule has 0 saturated heterocycles. The molecule has 3 nitrogen and oxygen atoms in total. The Bertz CT molecular complexity index is 323. The van der Waals surface area contributed by atoms with E-state index in [1.165, 1.54) is 0 Å². The summed E-state index contributed by atoms with van der Waals surface area (Å²) in [5.74, 6) is 0.628. The van der Waals surface area contributed by atoms with Crippen molar-refractivity contribution in [3.8, 4) is 0 Å². The van der Waals surface area contributed by atoms with Gasteiger partial charge in [-0.05, 0) is 13.0 Å². The molecule has 0 radical (unpaired) electrons. The zero-order chi connectivity index (χ0) is 9.68. The number of nitrogens with zero attached hydrogens (tertiary/aromatic N) is 2. The highest BCUT2D eigenvalue weighted by molar-refractivity contribution is 5.60. The van der Waals surface area contributed by atoms with Gasteiger partial charge in [0, 0.05) is 19.7 Å². The van der Waals surface area contributed by atoms with E-state index < -0.39 is 0 Å². The van der Waals surface area contributed by atoms with Crippen LogP contribution in [-0.2, 0) is 0 Å². The van der Waals surface area contributed by atoms with Crippen LogP contribution in [0.2, 0.25) is 0 Å². The number of nitrogens with one attached hydrogen (secondary N) is 1. The highest BCUT2D eigenvalue weighted by Crippen LogP contribution is 2.10. The van der Waals surface area contributed by atoms with E-state index in [9.17, 15) is 0 Å². The first-order valence-electron chi connectivity index (χ1n) is 4.17. The Balaban J connectivity index is 0.00000169. The third kappa shape index (κ3) is 2.15. The number of anilines is 1. The monoisotopic (exact) mass is 177 g/mol. The predicted octanol–water partition coefficient (Wildman–Crippen LogP) is 2.44. The minimum absolute atomic E-state index is 0. The fraction of sp³-hybridized carbons (Fsp3) is 0.200. The van der Waals surface area contributed by atoms with Crippen LogP contribution in [0.1, 0.15) is 19.6 Å². The average molecular weight is 177 g/mol. The second-order valence-electron chi connectivity index (χ2n) is 2.47. The van der Waals surface area contributed by atoms with Crippen LogP contribution in [0, 0.1) is 0 Å². The Morgan fingerprint density at radius 1 is 1.54 bits per heavy atom. The third-order valence-electron chi connectivity index (χ3n) is 1.60. The van der Waals surface area contributed by atoms with Crippen molar-refractivity contribution in [3.05, 3.63) is 30.6 Å². The summed E-state index contributed by atoms with van der Waals surface area (Å²) in [6.45, 7) is 10.1. The Kier molecular flexibility index (Phi) is 3.20. The van der Waals surface area contributed by atoms with Crippen LogP contribution in [0.3, 0.4) is 0 Å². The second kappa shape index (κ2) is 4.40. The lowest BCUT2D eigenvalue weighted by atomic mass is 10.2. The average Bonchev–Trinajstić information content (AvgIpc) is 2.18. The molecule has 0 fully saturated rings. The van der Waals surface area contributed by atoms with E-state index in [2.05, 4.69) is 28.4 Å². The molecule has 1 aromatic rings. The van der Waals surface area contributed by atoms with E-state index in [0.717, 1.165) is 17.8 Å². The van der Waals surface area contributed by atoms with Gasteiger partial charge in [-0.15, -0.1) is 0 Å². The Morgan fingerprint density at radius 3 is 2.85 bits per heavy atom. The summed E-state index contributed by atoms with van der Waals surface area (Å²) in [7, 11) is 0. The van der Waals surface area contributed by atoms with Crippen LogP contribution >= 0.6 is 0 Å². The molecular weight excluding hydrogens is 162 g/mol. The summed E-state index contributed by atoms with van der Waals surface area (Å²) in [6, 6.07) is 0. The summed E-state index contributed by atoms with van der Waals surface area (Å²) in [5, 5.41) is 3.03. The van der Waals surface area contributed by atoms with Crippen LogP contribution in [0.4, 0.5) is 5.95 Å². The molecule has 1 heterocycles. The van der Waals surface area contributed by atoms with Gasteiger partial charge in [0.15, 0.2) is 0 Å². The fourth-order valence-electron chi connectivity index (χ4n) is 0.968. The van der Waals surface area contributed by atoms with Crippen molar-refractivity contribution in [2.24, 2.45) is 0 Å². The summed E-state index contributed by atoms with van der Waals surface area (Å²) in [5.41, 5.74) is 1.71. The zero-order valence-electron chi connectivity index (χ0n) is 7.75. The van der Waals surface area contributed by atoms with E-state index >= 15 is 0 Å². The smallest absolute Gasteiger partial charge is 0.223 e. The highest BCUT2D eigenvalue weighted by atomic mass is 15.1. The molecule has 0 spiro atoms. The molecule has 0 aliphatic heterocycles. The molecule has 0 saturated carbocycles. The van der Waals surface area contributed by atoms with Gasteiger partial charge in [-0.25, -0.2) is 9.97 Å². The lowest BCUT2D eigenvalue weighted by Crippen LogP contribution is -2.03. The maximum atomic E-state index is 4.24. The van der Waals surface area contributed by atoms with Gasteiger partial charge in [0.25, 0.3) is 0 Å². The SMILES string of the molecule is C=Cc1cnc(NCC)nc1C=C.[HH]. The predicted molar refractivity (Wildman–Crippen MR) is 58.5 cm³/mol. The summed E-state index contributed by atoms with van der Waals surface area (Å²) in [4.78, 5) is 8.35. The molecule has 0 aliphatic rings. The van der Waals surface area contributed by atoms with Crippen molar-refractivity contribution < 1.29 is 1.43 Å². The topological polar surface area (TPSA) is 37.8 Å². The molecule has 1 aromatic heterocycles. The van der Waals surface area contributed by atoms with Crippen LogP contribution in [0.5, 0.6) is 0 Å². The molecule has 0 atom stereocenters. The van der Waals surface area contributed by atoms with E-state index in [4.69, 9.17) is 0 Å². The van der Waals surface area contributed by atoms with E-state index in [0.29, 0.717) is 5.95 Å². The van der Waals surface area contributed by atoms with Crippen LogP contribution in [0.25, 0.3) is 12.2 Å². The number of hydrogen-bond acceptors (Lipinski definition) is 3. The van der Waals surface area contributed by atoms with Crippen molar-refractivity contribution in [2.75, 3.05) is 11.9 Å². The molecule has 0 amide bonds. The van der Waals surface area contributed by atoms with E-state index in [1.807, 2.05) is 6.92 Å². The largest absolute Gasteiger partial charge is 0.354 e. The quantitative estimate of drug-likeness (QED) is 0.767. The normalized spacial score (nSPS) is 9.31. The summed E-state index contributed by atoms with van der Waals surface area (Å²) < 4.78 is 0. The maximum absolute atomic E-state index is 4.24. The first-order chi connectivity index (χ1) is 6.31. The minimum Gasteiger partial charge on any atom is -0.354 e. The standard InChI is InChI=1S/C10H13N3.H2/c1-4-8-7-12-10(11-6-3)13-9(8)5-2;/h4-5,7H,1-2,6H2,3H3,(H,11,12,13);1H. The van der Waals surface area contributed by atoms with Crippen LogP contribution < -0.4 is 5.32 Å². The zero-order valence-corrected chi connectivity index (χ0v) is 7.75. The highest BCUT2D eigenvalue weighted by Gasteiger charge is 1.99. The first-order valence-corrected chi connectivity index (χ1v) is 4.17. The van der Waals surface area contributed by atoms with Crippen LogP contribution in [0.15, 0.2) is 19.4 Å². The number of hydrogen-bond donors (Lipinski definition) is 1. The molecular formula is C10H15N3. The van der Waals surface area contributed by atoms with Crippen molar-refractivity contribution >= 4 is 18.1 Å².